The van der Waals surface area contributed by atoms with Crippen molar-refractivity contribution in [3.63, 3.8) is 0 Å². The zero-order valence-electron chi connectivity index (χ0n) is 20.8. The third kappa shape index (κ3) is 5.43. The van der Waals surface area contributed by atoms with Crippen molar-refractivity contribution in [1.29, 1.82) is 0 Å². The normalized spacial score (nSPS) is 11.9. The summed E-state index contributed by atoms with van der Waals surface area (Å²) in [6.45, 7) is 0.858. The molecule has 0 fully saturated rings. The van der Waals surface area contributed by atoms with Crippen molar-refractivity contribution in [3.8, 4) is 0 Å². The van der Waals surface area contributed by atoms with Crippen LogP contribution in [0.5, 0.6) is 0 Å². The van der Waals surface area contributed by atoms with E-state index >= 15 is 0 Å². The summed E-state index contributed by atoms with van der Waals surface area (Å²) >= 11 is 5.96. The van der Waals surface area contributed by atoms with Gasteiger partial charge in [-0.1, -0.05) is 24.3 Å². The lowest BCUT2D eigenvalue weighted by molar-refractivity contribution is 0.726. The van der Waals surface area contributed by atoms with E-state index in [-0.39, 0.29) is 0 Å². The molecule has 8 bridgehead atoms. The molecule has 1 N–H and O–H groups in total. The van der Waals surface area contributed by atoms with Gasteiger partial charge in [-0.25, -0.2) is 9.97 Å². The lowest BCUT2D eigenvalue weighted by Crippen LogP contribution is -1.97. The number of H-pyrrole nitrogens is 1. The molecule has 0 spiro atoms. The average molecular weight is 516 g/mol. The number of aromatic amines is 1. The number of fused-ring (bicyclic) bond motifs is 9. The van der Waals surface area contributed by atoms with Crippen LogP contribution in [0.25, 0.3) is 57.3 Å². The van der Waals surface area contributed by atoms with Gasteiger partial charge in [0.05, 0.1) is 28.3 Å². The highest BCUT2D eigenvalue weighted by Crippen LogP contribution is 2.19. The van der Waals surface area contributed by atoms with E-state index in [1.54, 1.807) is 0 Å². The maximum absolute atomic E-state index is 5.96. The number of para-hydroxylation sites is 1. The van der Waals surface area contributed by atoms with Crippen LogP contribution in [-0.2, 0) is 6.54 Å². The highest BCUT2D eigenvalue weighted by molar-refractivity contribution is 6.17. The van der Waals surface area contributed by atoms with Gasteiger partial charge in [-0.3, -0.25) is 4.98 Å². The maximum Gasteiger partial charge on any atom is 0.0701 e. The fourth-order valence-corrected chi connectivity index (χ4v) is 4.69. The molecular formula is C32H26ClN5. The molecule has 0 amide bonds. The van der Waals surface area contributed by atoms with Crippen molar-refractivity contribution in [2.24, 2.45) is 0 Å². The summed E-state index contributed by atoms with van der Waals surface area (Å²) in [4.78, 5) is 17.1. The molecule has 0 unspecified atom stereocenters. The molecule has 38 heavy (non-hydrogen) atoms. The number of hydrogen-bond acceptors (Lipinski definition) is 3. The van der Waals surface area contributed by atoms with Gasteiger partial charge in [-0.2, -0.15) is 0 Å². The molecule has 0 radical (unpaired) electrons. The first kappa shape index (κ1) is 23.9. The van der Waals surface area contributed by atoms with Gasteiger partial charge in [0, 0.05) is 46.1 Å². The standard InChI is InChI=1S/C23H19ClN4.C9H7N/c24-10-1-11-28-22-8-9-23(28)15-21-7-5-19(27-21)13-17-3-2-16(25-17)12-18-4-6-20(14-22)26-18;1-2-6-9-8(4-1)5-3-7-10-9/h2-9,12-15,25H,1,10-11H2;1-7H. The molecule has 2 aliphatic heterocycles. The molecule has 5 aromatic rings. The number of halogens is 1. The Morgan fingerprint density at radius 2 is 1.24 bits per heavy atom. The van der Waals surface area contributed by atoms with Gasteiger partial charge in [0.15, 0.2) is 0 Å². The molecule has 4 aromatic heterocycles. The Labute approximate surface area is 225 Å². The number of rotatable bonds is 3. The summed E-state index contributed by atoms with van der Waals surface area (Å²) in [6, 6.07) is 28.8. The fourth-order valence-electron chi connectivity index (χ4n) is 4.57. The van der Waals surface area contributed by atoms with Gasteiger partial charge < -0.3 is 9.55 Å². The average Bonchev–Trinajstić information content (AvgIpc) is 3.74. The molecule has 6 heterocycles. The van der Waals surface area contributed by atoms with Gasteiger partial charge in [0.2, 0.25) is 0 Å². The van der Waals surface area contributed by atoms with Crippen molar-refractivity contribution < 1.29 is 0 Å². The molecule has 2 aliphatic rings. The summed E-state index contributed by atoms with van der Waals surface area (Å²) < 4.78 is 2.28. The molecular weight excluding hydrogens is 490 g/mol. The molecule has 1 aromatic carbocycles. The number of hydrogen-bond donors (Lipinski definition) is 1. The number of aromatic nitrogens is 5. The summed E-state index contributed by atoms with van der Waals surface area (Å²) in [5.74, 6) is 0.635. The first-order valence-electron chi connectivity index (χ1n) is 12.6. The van der Waals surface area contributed by atoms with Crippen LogP contribution in [0.1, 0.15) is 29.2 Å². The van der Waals surface area contributed by atoms with Gasteiger partial charge in [0.25, 0.3) is 0 Å². The fraction of sp³-hybridized carbons (Fsp3) is 0.0938. The van der Waals surface area contributed by atoms with E-state index in [1.165, 1.54) is 5.39 Å². The highest BCUT2D eigenvalue weighted by Gasteiger charge is 2.05. The largest absolute Gasteiger partial charge is 0.355 e. The van der Waals surface area contributed by atoms with Crippen molar-refractivity contribution in [3.05, 3.63) is 114 Å². The van der Waals surface area contributed by atoms with E-state index in [0.29, 0.717) is 5.88 Å². The third-order valence-electron chi connectivity index (χ3n) is 6.37. The van der Waals surface area contributed by atoms with Crippen molar-refractivity contribution >= 4 is 68.9 Å². The van der Waals surface area contributed by atoms with Crippen LogP contribution in [0.2, 0.25) is 0 Å². The quantitative estimate of drug-likeness (QED) is 0.242. The second-order valence-corrected chi connectivity index (χ2v) is 9.49. The number of nitrogens with zero attached hydrogens (tertiary/aromatic N) is 4. The van der Waals surface area contributed by atoms with E-state index in [2.05, 4.69) is 75.2 Å². The van der Waals surface area contributed by atoms with Crippen LogP contribution in [0.15, 0.2) is 91.1 Å². The molecule has 7 rings (SSSR count). The minimum Gasteiger partial charge on any atom is -0.355 e. The van der Waals surface area contributed by atoms with E-state index in [9.17, 15) is 0 Å². The Balaban J connectivity index is 0.000000221. The number of benzene rings is 1. The van der Waals surface area contributed by atoms with Gasteiger partial charge >= 0.3 is 0 Å². The number of alkyl halides is 1. The highest BCUT2D eigenvalue weighted by atomic mass is 35.5. The van der Waals surface area contributed by atoms with Gasteiger partial charge in [-0.15, -0.1) is 11.6 Å². The summed E-state index contributed by atoms with van der Waals surface area (Å²) in [5.41, 5.74) is 9.11. The van der Waals surface area contributed by atoms with E-state index in [0.717, 1.165) is 63.3 Å². The molecule has 0 atom stereocenters. The molecule has 0 saturated heterocycles. The summed E-state index contributed by atoms with van der Waals surface area (Å²) in [6.07, 6.45) is 10.9. The predicted octanol–water partition coefficient (Wildman–Crippen LogP) is 7.99. The lowest BCUT2D eigenvalue weighted by Gasteiger charge is -2.04. The molecule has 6 heteroatoms. The number of nitrogens with one attached hydrogen (secondary N) is 1. The lowest BCUT2D eigenvalue weighted by atomic mass is 10.2. The third-order valence-corrected chi connectivity index (χ3v) is 6.64. The smallest absolute Gasteiger partial charge is 0.0701 e. The Kier molecular flexibility index (Phi) is 6.83. The first-order chi connectivity index (χ1) is 18.7. The van der Waals surface area contributed by atoms with Gasteiger partial charge in [-0.05, 0) is 91.4 Å². The zero-order valence-corrected chi connectivity index (χ0v) is 21.5. The molecule has 186 valence electrons. The van der Waals surface area contributed by atoms with Crippen molar-refractivity contribution in [1.82, 2.24) is 24.5 Å². The monoisotopic (exact) mass is 515 g/mol. The van der Waals surface area contributed by atoms with E-state index in [4.69, 9.17) is 21.6 Å². The van der Waals surface area contributed by atoms with E-state index < -0.39 is 0 Å². The second kappa shape index (κ2) is 10.9. The maximum atomic E-state index is 5.96. The van der Waals surface area contributed by atoms with Crippen LogP contribution < -0.4 is 0 Å². The number of pyridine rings is 1. The van der Waals surface area contributed by atoms with Gasteiger partial charge in [0.1, 0.15) is 0 Å². The van der Waals surface area contributed by atoms with Crippen LogP contribution in [0.4, 0.5) is 0 Å². The summed E-state index contributed by atoms with van der Waals surface area (Å²) in [7, 11) is 0. The molecule has 0 saturated carbocycles. The van der Waals surface area contributed by atoms with E-state index in [1.807, 2.05) is 54.8 Å². The minimum atomic E-state index is 0.635. The van der Waals surface area contributed by atoms with Crippen LogP contribution in [0.3, 0.4) is 0 Å². The minimum absolute atomic E-state index is 0.635. The van der Waals surface area contributed by atoms with Crippen molar-refractivity contribution in [2.75, 3.05) is 5.88 Å². The second-order valence-electron chi connectivity index (χ2n) is 9.11. The van der Waals surface area contributed by atoms with Crippen LogP contribution in [-0.4, -0.2) is 30.4 Å². The summed E-state index contributed by atoms with van der Waals surface area (Å²) in [5, 5.41) is 1.20. The van der Waals surface area contributed by atoms with Crippen LogP contribution >= 0.6 is 11.6 Å². The Morgan fingerprint density at radius 1 is 0.658 bits per heavy atom. The SMILES string of the molecule is ClCCCn1c2ccc1cc1nc(cc3ccc(cc4nc(c2)C=C4)[nH]3)C=C1.c1ccc2ncccc2c1. The first-order valence-corrected chi connectivity index (χ1v) is 13.2. The topological polar surface area (TPSA) is 59.4 Å². The predicted molar refractivity (Wildman–Crippen MR) is 160 cm³/mol. The Hall–Kier alpha value is -4.48. The molecule has 5 nitrogen and oxygen atoms in total. The van der Waals surface area contributed by atoms with Crippen LogP contribution in [0, 0.1) is 0 Å². The number of aryl methyl sites for hydroxylation is 1. The Bertz CT molecular complexity index is 1670. The Morgan fingerprint density at radius 3 is 1.84 bits per heavy atom. The van der Waals surface area contributed by atoms with Crippen molar-refractivity contribution in [2.45, 2.75) is 13.0 Å². The zero-order chi connectivity index (χ0) is 25.7. The molecule has 0 aliphatic carbocycles.